The van der Waals surface area contributed by atoms with Gasteiger partial charge in [-0.15, -0.1) is 0 Å². The third-order valence-corrected chi connectivity index (χ3v) is 6.33. The number of carbonyl (C=O) groups is 2. The van der Waals surface area contributed by atoms with Crippen molar-refractivity contribution in [3.63, 3.8) is 0 Å². The summed E-state index contributed by atoms with van der Waals surface area (Å²) in [6.07, 6.45) is 1.59. The summed E-state index contributed by atoms with van der Waals surface area (Å²) in [6, 6.07) is 17.5. The van der Waals surface area contributed by atoms with E-state index in [1.807, 2.05) is 61.5 Å². The van der Waals surface area contributed by atoms with Crippen molar-refractivity contribution < 1.29 is 23.8 Å². The molecule has 1 aliphatic rings. The van der Waals surface area contributed by atoms with E-state index in [1.165, 1.54) is 0 Å². The number of carboxylic acid groups (broad SMARTS) is 1. The third kappa shape index (κ3) is 5.47. The number of carbonyl (C=O) groups excluding carboxylic acids is 1. The molecule has 1 aromatic heterocycles. The number of nitrogens with zero attached hydrogens (tertiary/aromatic N) is 2. The average molecular weight is 463 g/mol. The van der Waals surface area contributed by atoms with Crippen LogP contribution in [0.4, 0.5) is 0 Å². The Morgan fingerprint density at radius 1 is 1.15 bits per heavy atom. The number of carboxylic acids is 1. The molecule has 2 aromatic carbocycles. The summed E-state index contributed by atoms with van der Waals surface area (Å²) in [5.41, 5.74) is 2.81. The summed E-state index contributed by atoms with van der Waals surface area (Å²) in [7, 11) is 0. The summed E-state index contributed by atoms with van der Waals surface area (Å²) in [4.78, 5) is 30.1. The summed E-state index contributed by atoms with van der Waals surface area (Å²) < 4.78 is 11.8. The highest BCUT2D eigenvalue weighted by Gasteiger charge is 2.39. The highest BCUT2D eigenvalue weighted by Crippen LogP contribution is 2.29. The molecule has 7 heteroatoms. The lowest BCUT2D eigenvalue weighted by atomic mass is 9.90. The summed E-state index contributed by atoms with van der Waals surface area (Å²) in [5.74, 6) is 0.615. The number of oxazole rings is 1. The fourth-order valence-corrected chi connectivity index (χ4v) is 4.48. The van der Waals surface area contributed by atoms with Crippen LogP contribution >= 0.6 is 0 Å². The Morgan fingerprint density at radius 3 is 2.68 bits per heavy atom. The minimum atomic E-state index is -0.846. The van der Waals surface area contributed by atoms with Crippen LogP contribution in [0.1, 0.15) is 30.4 Å². The molecule has 1 fully saturated rings. The highest BCUT2D eigenvalue weighted by atomic mass is 16.5. The van der Waals surface area contributed by atoms with Crippen molar-refractivity contribution in [2.24, 2.45) is 11.8 Å². The second kappa shape index (κ2) is 10.5. The molecule has 0 saturated carbocycles. The van der Waals surface area contributed by atoms with Gasteiger partial charge < -0.3 is 19.2 Å². The van der Waals surface area contributed by atoms with Crippen LogP contribution < -0.4 is 4.74 Å². The number of hydrogen-bond donors (Lipinski definition) is 1. The third-order valence-electron chi connectivity index (χ3n) is 6.33. The minimum Gasteiger partial charge on any atom is -0.493 e. The Morgan fingerprint density at radius 2 is 1.94 bits per heavy atom. The number of rotatable bonds is 9. The van der Waals surface area contributed by atoms with Crippen molar-refractivity contribution in [3.05, 3.63) is 71.6 Å². The van der Waals surface area contributed by atoms with Crippen molar-refractivity contribution >= 4 is 11.9 Å². The van der Waals surface area contributed by atoms with Crippen LogP contribution in [0.15, 0.2) is 59.0 Å². The molecule has 1 N–H and O–H groups in total. The molecule has 1 amide bonds. The quantitative estimate of drug-likeness (QED) is 0.507. The average Bonchev–Trinajstić information content (AvgIpc) is 3.43. The Hall–Kier alpha value is -3.61. The zero-order valence-electron chi connectivity index (χ0n) is 19.6. The second-order valence-electron chi connectivity index (χ2n) is 8.69. The number of aliphatic carboxylic acids is 1. The van der Waals surface area contributed by atoms with Crippen molar-refractivity contribution in [3.8, 4) is 17.2 Å². The van der Waals surface area contributed by atoms with Crippen LogP contribution in [-0.4, -0.2) is 46.6 Å². The van der Waals surface area contributed by atoms with Crippen LogP contribution in [-0.2, 0) is 22.4 Å². The SMILES string of the molecule is CCC(=O)N1C[C@@H](Cc2cccc(OCCc3nc(-c4ccccc4)oc3C)c2)[C@@H](C(=O)O)C1. The molecule has 178 valence electrons. The van der Waals surface area contributed by atoms with Crippen molar-refractivity contribution in [2.45, 2.75) is 33.1 Å². The maximum Gasteiger partial charge on any atom is 0.308 e. The van der Waals surface area contributed by atoms with Crippen LogP contribution in [0, 0.1) is 18.8 Å². The number of likely N-dealkylation sites (tertiary alicyclic amines) is 1. The van der Waals surface area contributed by atoms with E-state index < -0.39 is 11.9 Å². The van der Waals surface area contributed by atoms with E-state index in [1.54, 1.807) is 11.8 Å². The van der Waals surface area contributed by atoms with E-state index >= 15 is 0 Å². The lowest BCUT2D eigenvalue weighted by Gasteiger charge is -2.16. The zero-order valence-corrected chi connectivity index (χ0v) is 19.6. The monoisotopic (exact) mass is 462 g/mol. The molecular formula is C27H30N2O5. The molecule has 0 radical (unpaired) electrons. The molecule has 0 bridgehead atoms. The molecule has 2 heterocycles. The van der Waals surface area contributed by atoms with Gasteiger partial charge in [-0.25, -0.2) is 4.98 Å². The van der Waals surface area contributed by atoms with Gasteiger partial charge in [0.2, 0.25) is 11.8 Å². The summed E-state index contributed by atoms with van der Waals surface area (Å²) >= 11 is 0. The van der Waals surface area contributed by atoms with Crippen LogP contribution in [0.3, 0.4) is 0 Å². The molecule has 2 atom stereocenters. The topological polar surface area (TPSA) is 92.9 Å². The van der Waals surface area contributed by atoms with E-state index in [9.17, 15) is 14.7 Å². The molecule has 1 saturated heterocycles. The first-order chi connectivity index (χ1) is 16.4. The first kappa shape index (κ1) is 23.5. The van der Waals surface area contributed by atoms with Crippen molar-refractivity contribution in [2.75, 3.05) is 19.7 Å². The first-order valence-electron chi connectivity index (χ1n) is 11.7. The summed E-state index contributed by atoms with van der Waals surface area (Å²) in [6.45, 7) is 4.91. The standard InChI is InChI=1S/C27H30N2O5/c1-3-25(30)29-16-21(23(17-29)27(31)32)14-19-8-7-11-22(15-19)33-13-12-24-18(2)34-26(28-24)20-9-5-4-6-10-20/h4-11,15,21,23H,3,12-14,16-17H2,1-2H3,(H,31,32)/t21-,23+/m1/s1. The molecule has 0 unspecified atom stereocenters. The molecule has 0 aliphatic carbocycles. The van der Waals surface area contributed by atoms with Gasteiger partial charge in [-0.3, -0.25) is 9.59 Å². The largest absolute Gasteiger partial charge is 0.493 e. The highest BCUT2D eigenvalue weighted by molar-refractivity contribution is 5.78. The van der Waals surface area contributed by atoms with E-state index in [-0.39, 0.29) is 18.4 Å². The van der Waals surface area contributed by atoms with Crippen molar-refractivity contribution in [1.29, 1.82) is 0 Å². The number of hydrogen-bond acceptors (Lipinski definition) is 5. The van der Waals surface area contributed by atoms with Crippen LogP contribution in [0.5, 0.6) is 5.75 Å². The Balaban J connectivity index is 1.36. The number of ether oxygens (including phenoxy) is 1. The van der Waals surface area contributed by atoms with E-state index in [2.05, 4.69) is 4.98 Å². The van der Waals surface area contributed by atoms with Gasteiger partial charge in [-0.2, -0.15) is 0 Å². The molecule has 3 aromatic rings. The van der Waals surface area contributed by atoms with Crippen LogP contribution in [0.2, 0.25) is 0 Å². The normalized spacial score (nSPS) is 17.6. The minimum absolute atomic E-state index is 0.00408. The van der Waals surface area contributed by atoms with Crippen LogP contribution in [0.25, 0.3) is 11.5 Å². The van der Waals surface area contributed by atoms with Gasteiger partial charge in [-0.1, -0.05) is 37.3 Å². The van der Waals surface area contributed by atoms with Gasteiger partial charge in [0.05, 0.1) is 18.2 Å². The second-order valence-corrected chi connectivity index (χ2v) is 8.69. The predicted molar refractivity (Wildman–Crippen MR) is 128 cm³/mol. The van der Waals surface area contributed by atoms with E-state index in [4.69, 9.17) is 9.15 Å². The Labute approximate surface area is 199 Å². The Kier molecular flexibility index (Phi) is 7.30. The maximum atomic E-state index is 12.1. The number of aryl methyl sites for hydroxylation is 1. The van der Waals surface area contributed by atoms with E-state index in [0.29, 0.717) is 38.3 Å². The van der Waals surface area contributed by atoms with Gasteiger partial charge in [0.15, 0.2) is 0 Å². The number of aromatic nitrogens is 1. The molecule has 4 rings (SSSR count). The number of amides is 1. The number of benzene rings is 2. The maximum absolute atomic E-state index is 12.1. The fraction of sp³-hybridized carbons (Fsp3) is 0.370. The lowest BCUT2D eigenvalue weighted by molar-refractivity contribution is -0.142. The molecule has 34 heavy (non-hydrogen) atoms. The zero-order chi connectivity index (χ0) is 24.1. The molecular weight excluding hydrogens is 432 g/mol. The lowest BCUT2D eigenvalue weighted by Crippen LogP contribution is -2.29. The first-order valence-corrected chi connectivity index (χ1v) is 11.7. The van der Waals surface area contributed by atoms with E-state index in [0.717, 1.165) is 28.3 Å². The van der Waals surface area contributed by atoms with Gasteiger partial charge >= 0.3 is 5.97 Å². The molecule has 1 aliphatic heterocycles. The van der Waals surface area contributed by atoms with Gasteiger partial charge in [0.1, 0.15) is 11.5 Å². The molecule has 7 nitrogen and oxygen atoms in total. The Bertz CT molecular complexity index is 1140. The van der Waals surface area contributed by atoms with Gasteiger partial charge in [0.25, 0.3) is 0 Å². The fourth-order valence-electron chi connectivity index (χ4n) is 4.48. The van der Waals surface area contributed by atoms with Crippen molar-refractivity contribution in [1.82, 2.24) is 9.88 Å². The smallest absolute Gasteiger partial charge is 0.308 e. The predicted octanol–water partition coefficient (Wildman–Crippen LogP) is 4.38. The summed E-state index contributed by atoms with van der Waals surface area (Å²) in [5, 5.41) is 9.63. The van der Waals surface area contributed by atoms with Gasteiger partial charge in [-0.05, 0) is 49.1 Å². The molecule has 0 spiro atoms. The van der Waals surface area contributed by atoms with Gasteiger partial charge in [0, 0.05) is 31.5 Å².